The molecule has 2 heterocycles. The molecule has 0 aromatic carbocycles. The highest BCUT2D eigenvalue weighted by molar-refractivity contribution is 5.75. The van der Waals surface area contributed by atoms with E-state index in [4.69, 9.17) is 4.52 Å². The molecule has 2 rings (SSSR count). The third-order valence-corrected chi connectivity index (χ3v) is 3.59. The monoisotopic (exact) mass is 279 g/mol. The van der Waals surface area contributed by atoms with Crippen molar-refractivity contribution in [3.8, 4) is 0 Å². The second-order valence-electron chi connectivity index (χ2n) is 5.90. The molecule has 0 radical (unpaired) electrons. The van der Waals surface area contributed by atoms with Gasteiger partial charge in [-0.05, 0) is 25.2 Å². The summed E-state index contributed by atoms with van der Waals surface area (Å²) in [7, 11) is 0. The van der Waals surface area contributed by atoms with Crippen LogP contribution in [0.15, 0.2) is 10.6 Å². The Balaban J connectivity index is 2.00. The van der Waals surface area contributed by atoms with Gasteiger partial charge < -0.3 is 14.7 Å². The number of carbonyl (C=O) groups is 1. The second kappa shape index (κ2) is 6.77. The lowest BCUT2D eigenvalue weighted by Crippen LogP contribution is -2.40. The lowest BCUT2D eigenvalue weighted by molar-refractivity contribution is 0.189. The standard InChI is InChI=1S/C15H25N3O2/c1-4-6-12-9-13(17-20-12)14-7-5-8-18(14)15(19)16-10-11(2)3/h9,11,14H,4-8,10H2,1-3H3,(H,16,19). The number of aromatic nitrogens is 1. The van der Waals surface area contributed by atoms with Gasteiger partial charge in [-0.15, -0.1) is 0 Å². The van der Waals surface area contributed by atoms with Gasteiger partial charge in [0.25, 0.3) is 0 Å². The lowest BCUT2D eigenvalue weighted by atomic mass is 10.1. The van der Waals surface area contributed by atoms with Gasteiger partial charge >= 0.3 is 6.03 Å². The normalized spacial score (nSPS) is 18.8. The quantitative estimate of drug-likeness (QED) is 0.901. The maximum atomic E-state index is 12.2. The Morgan fingerprint density at radius 1 is 1.60 bits per heavy atom. The number of aryl methyl sites for hydroxylation is 1. The summed E-state index contributed by atoms with van der Waals surface area (Å²) in [6.45, 7) is 7.81. The molecule has 0 aliphatic carbocycles. The van der Waals surface area contributed by atoms with E-state index in [0.29, 0.717) is 12.5 Å². The highest BCUT2D eigenvalue weighted by Gasteiger charge is 2.32. The zero-order valence-electron chi connectivity index (χ0n) is 12.7. The fraction of sp³-hybridized carbons (Fsp3) is 0.733. The Hall–Kier alpha value is -1.52. The minimum absolute atomic E-state index is 0.0150. The van der Waals surface area contributed by atoms with Crippen molar-refractivity contribution < 1.29 is 9.32 Å². The highest BCUT2D eigenvalue weighted by atomic mass is 16.5. The van der Waals surface area contributed by atoms with Crippen LogP contribution in [0.4, 0.5) is 4.79 Å². The Bertz CT molecular complexity index is 442. The Morgan fingerprint density at radius 3 is 3.10 bits per heavy atom. The predicted molar refractivity (Wildman–Crippen MR) is 77.4 cm³/mol. The van der Waals surface area contributed by atoms with Crippen LogP contribution in [0.5, 0.6) is 0 Å². The first-order chi connectivity index (χ1) is 9.61. The van der Waals surface area contributed by atoms with E-state index in [-0.39, 0.29) is 12.1 Å². The minimum Gasteiger partial charge on any atom is -0.361 e. The largest absolute Gasteiger partial charge is 0.361 e. The summed E-state index contributed by atoms with van der Waals surface area (Å²) in [6, 6.07) is 2.08. The Morgan fingerprint density at radius 2 is 2.40 bits per heavy atom. The van der Waals surface area contributed by atoms with Gasteiger partial charge in [0, 0.05) is 25.6 Å². The molecule has 0 saturated carbocycles. The van der Waals surface area contributed by atoms with E-state index in [1.807, 2.05) is 11.0 Å². The van der Waals surface area contributed by atoms with Crippen molar-refractivity contribution in [2.75, 3.05) is 13.1 Å². The minimum atomic E-state index is 0.0150. The number of carbonyl (C=O) groups excluding carboxylic acids is 1. The molecule has 1 aromatic rings. The van der Waals surface area contributed by atoms with E-state index in [1.54, 1.807) is 0 Å². The van der Waals surface area contributed by atoms with Gasteiger partial charge in [0.1, 0.15) is 11.5 Å². The second-order valence-corrected chi connectivity index (χ2v) is 5.90. The van der Waals surface area contributed by atoms with Gasteiger partial charge in [-0.25, -0.2) is 4.79 Å². The van der Waals surface area contributed by atoms with Crippen LogP contribution in [-0.2, 0) is 6.42 Å². The number of hydrogen-bond donors (Lipinski definition) is 1. The Labute approximate surface area is 120 Å². The van der Waals surface area contributed by atoms with Crippen molar-refractivity contribution in [1.29, 1.82) is 0 Å². The van der Waals surface area contributed by atoms with Crippen molar-refractivity contribution >= 4 is 6.03 Å². The first-order valence-electron chi connectivity index (χ1n) is 7.61. The lowest BCUT2D eigenvalue weighted by Gasteiger charge is -2.23. The molecule has 0 spiro atoms. The van der Waals surface area contributed by atoms with Crippen molar-refractivity contribution in [1.82, 2.24) is 15.4 Å². The molecule has 5 heteroatoms. The van der Waals surface area contributed by atoms with Crippen molar-refractivity contribution in [3.05, 3.63) is 17.5 Å². The van der Waals surface area contributed by atoms with Crippen LogP contribution in [0.2, 0.25) is 0 Å². The number of likely N-dealkylation sites (tertiary alicyclic amines) is 1. The maximum Gasteiger partial charge on any atom is 0.317 e. The van der Waals surface area contributed by atoms with Crippen LogP contribution in [0.1, 0.15) is 57.5 Å². The molecule has 1 unspecified atom stereocenters. The van der Waals surface area contributed by atoms with Crippen LogP contribution < -0.4 is 5.32 Å². The average molecular weight is 279 g/mol. The van der Waals surface area contributed by atoms with Crippen molar-refractivity contribution in [2.45, 2.75) is 52.5 Å². The third kappa shape index (κ3) is 3.52. The van der Waals surface area contributed by atoms with E-state index in [0.717, 1.165) is 43.7 Å². The molecule has 0 bridgehead atoms. The first kappa shape index (κ1) is 14.9. The number of rotatable bonds is 5. The summed E-state index contributed by atoms with van der Waals surface area (Å²) in [5.74, 6) is 1.38. The molecule has 5 nitrogen and oxygen atoms in total. The molecule has 112 valence electrons. The molecule has 1 aromatic heterocycles. The topological polar surface area (TPSA) is 58.4 Å². The number of urea groups is 1. The zero-order chi connectivity index (χ0) is 14.5. The molecule has 1 saturated heterocycles. The molecule has 1 atom stereocenters. The van der Waals surface area contributed by atoms with E-state index >= 15 is 0 Å². The smallest absolute Gasteiger partial charge is 0.317 e. The summed E-state index contributed by atoms with van der Waals surface area (Å²) in [5.41, 5.74) is 0.894. The number of amides is 2. The van der Waals surface area contributed by atoms with Crippen LogP contribution in [0.25, 0.3) is 0 Å². The van der Waals surface area contributed by atoms with Gasteiger partial charge in [-0.3, -0.25) is 0 Å². The van der Waals surface area contributed by atoms with Crippen LogP contribution in [0, 0.1) is 5.92 Å². The van der Waals surface area contributed by atoms with Crippen LogP contribution in [0.3, 0.4) is 0 Å². The maximum absolute atomic E-state index is 12.2. The van der Waals surface area contributed by atoms with Gasteiger partial charge in [0.2, 0.25) is 0 Å². The van der Waals surface area contributed by atoms with E-state index in [1.165, 1.54) is 0 Å². The molecule has 1 aliphatic heterocycles. The SMILES string of the molecule is CCCc1cc(C2CCCN2C(=O)NCC(C)C)no1. The van der Waals surface area contributed by atoms with Gasteiger partial charge in [0.15, 0.2) is 0 Å². The van der Waals surface area contributed by atoms with Crippen molar-refractivity contribution in [2.24, 2.45) is 5.92 Å². The zero-order valence-corrected chi connectivity index (χ0v) is 12.7. The fourth-order valence-electron chi connectivity index (χ4n) is 2.56. The molecule has 1 fully saturated rings. The summed E-state index contributed by atoms with van der Waals surface area (Å²) in [5, 5.41) is 7.13. The summed E-state index contributed by atoms with van der Waals surface area (Å²) < 4.78 is 5.34. The summed E-state index contributed by atoms with van der Waals surface area (Å²) in [6.07, 6.45) is 3.93. The van der Waals surface area contributed by atoms with Crippen LogP contribution >= 0.6 is 0 Å². The first-order valence-corrected chi connectivity index (χ1v) is 7.61. The number of nitrogens with one attached hydrogen (secondary N) is 1. The number of hydrogen-bond acceptors (Lipinski definition) is 3. The van der Waals surface area contributed by atoms with Crippen molar-refractivity contribution in [3.63, 3.8) is 0 Å². The Kier molecular flexibility index (Phi) is 5.04. The van der Waals surface area contributed by atoms with Gasteiger partial charge in [0.05, 0.1) is 6.04 Å². The molecule has 2 amide bonds. The van der Waals surface area contributed by atoms with E-state index in [9.17, 15) is 4.79 Å². The molecular formula is C15H25N3O2. The molecule has 1 aliphatic rings. The molecular weight excluding hydrogens is 254 g/mol. The predicted octanol–water partition coefficient (Wildman–Crippen LogP) is 3.13. The molecule has 1 N–H and O–H groups in total. The summed E-state index contributed by atoms with van der Waals surface area (Å²) in [4.78, 5) is 14.1. The highest BCUT2D eigenvalue weighted by Crippen LogP contribution is 2.31. The van der Waals surface area contributed by atoms with Gasteiger partial charge in [-0.2, -0.15) is 0 Å². The van der Waals surface area contributed by atoms with Crippen LogP contribution in [-0.4, -0.2) is 29.2 Å². The summed E-state index contributed by atoms with van der Waals surface area (Å²) >= 11 is 0. The number of nitrogens with zero attached hydrogens (tertiary/aromatic N) is 2. The molecule has 20 heavy (non-hydrogen) atoms. The average Bonchev–Trinajstić information content (AvgIpc) is 3.04. The van der Waals surface area contributed by atoms with Gasteiger partial charge in [-0.1, -0.05) is 25.9 Å². The van der Waals surface area contributed by atoms with E-state index < -0.39 is 0 Å². The fourth-order valence-corrected chi connectivity index (χ4v) is 2.56. The van der Waals surface area contributed by atoms with E-state index in [2.05, 4.69) is 31.2 Å². The third-order valence-electron chi connectivity index (χ3n) is 3.59.